The van der Waals surface area contributed by atoms with Crippen molar-refractivity contribution in [1.29, 1.82) is 0 Å². The van der Waals surface area contributed by atoms with Crippen molar-refractivity contribution in [2.75, 3.05) is 5.32 Å². The number of carbonyl (C=O) groups is 1. The fraction of sp³-hybridized carbons (Fsp3) is 0.471. The van der Waals surface area contributed by atoms with Gasteiger partial charge in [0.1, 0.15) is 0 Å². The molecule has 102 valence electrons. The third kappa shape index (κ3) is 3.25. The number of carbonyl (C=O) groups excluding carboxylic acids is 1. The summed E-state index contributed by atoms with van der Waals surface area (Å²) >= 11 is 0. The molecule has 0 radical (unpaired) electrons. The number of ketones is 1. The van der Waals surface area contributed by atoms with Crippen LogP contribution in [0.15, 0.2) is 23.9 Å². The third-order valence-electron chi connectivity index (χ3n) is 3.62. The maximum Gasteiger partial charge on any atom is 0.157 e. The van der Waals surface area contributed by atoms with E-state index in [-0.39, 0.29) is 11.2 Å². The predicted octanol–water partition coefficient (Wildman–Crippen LogP) is 4.30. The zero-order valence-corrected chi connectivity index (χ0v) is 12.6. The Balaban J connectivity index is 2.29. The molecule has 2 nitrogen and oxygen atoms in total. The number of hydrogen-bond acceptors (Lipinski definition) is 2. The predicted molar refractivity (Wildman–Crippen MR) is 80.4 cm³/mol. The molecule has 1 aromatic carbocycles. The minimum absolute atomic E-state index is 0.0562. The summed E-state index contributed by atoms with van der Waals surface area (Å²) in [6, 6.07) is 4.34. The summed E-state index contributed by atoms with van der Waals surface area (Å²) in [7, 11) is 0. The molecule has 0 heterocycles. The first-order valence-electron chi connectivity index (χ1n) is 6.85. The summed E-state index contributed by atoms with van der Waals surface area (Å²) < 4.78 is 0. The number of aryl methyl sites for hydroxylation is 3. The fourth-order valence-electron chi connectivity index (χ4n) is 2.96. The molecule has 0 atom stereocenters. The van der Waals surface area contributed by atoms with Crippen molar-refractivity contribution < 1.29 is 4.79 Å². The molecular formula is C17H23NO. The van der Waals surface area contributed by atoms with Gasteiger partial charge in [0.05, 0.1) is 0 Å². The average molecular weight is 257 g/mol. The average Bonchev–Trinajstić information content (AvgIpc) is 2.20. The van der Waals surface area contributed by atoms with E-state index in [1.165, 1.54) is 16.7 Å². The molecule has 1 aliphatic carbocycles. The molecule has 0 amide bonds. The van der Waals surface area contributed by atoms with Gasteiger partial charge < -0.3 is 5.32 Å². The van der Waals surface area contributed by atoms with Gasteiger partial charge in [0, 0.05) is 23.9 Å². The second kappa shape index (κ2) is 4.84. The molecule has 0 bridgehead atoms. The van der Waals surface area contributed by atoms with Crippen molar-refractivity contribution in [3.63, 3.8) is 0 Å². The molecule has 0 aliphatic heterocycles. The maximum atomic E-state index is 11.8. The van der Waals surface area contributed by atoms with Crippen LogP contribution in [0.3, 0.4) is 0 Å². The van der Waals surface area contributed by atoms with Gasteiger partial charge in [0.2, 0.25) is 0 Å². The Hall–Kier alpha value is -1.57. The molecule has 2 heteroatoms. The van der Waals surface area contributed by atoms with Crippen molar-refractivity contribution in [2.24, 2.45) is 5.41 Å². The fourth-order valence-corrected chi connectivity index (χ4v) is 2.96. The largest absolute Gasteiger partial charge is 0.358 e. The zero-order chi connectivity index (χ0) is 14.2. The Morgan fingerprint density at radius 1 is 1.05 bits per heavy atom. The van der Waals surface area contributed by atoms with E-state index in [0.717, 1.165) is 17.8 Å². The SMILES string of the molecule is Cc1cc(C)c(NC2=CC(=O)CC(C)(C)C2)c(C)c1. The van der Waals surface area contributed by atoms with Gasteiger partial charge in [0.25, 0.3) is 0 Å². The highest BCUT2D eigenvalue weighted by molar-refractivity contribution is 5.92. The molecule has 1 N–H and O–H groups in total. The minimum Gasteiger partial charge on any atom is -0.358 e. The first-order chi connectivity index (χ1) is 8.77. The van der Waals surface area contributed by atoms with E-state index in [0.29, 0.717) is 6.42 Å². The van der Waals surface area contributed by atoms with Gasteiger partial charge in [-0.3, -0.25) is 4.79 Å². The maximum absolute atomic E-state index is 11.8. The van der Waals surface area contributed by atoms with Gasteiger partial charge in [0.15, 0.2) is 5.78 Å². The van der Waals surface area contributed by atoms with Crippen LogP contribution in [0.25, 0.3) is 0 Å². The van der Waals surface area contributed by atoms with E-state index in [2.05, 4.69) is 52.1 Å². The van der Waals surface area contributed by atoms with Crippen LogP contribution in [0, 0.1) is 26.2 Å². The topological polar surface area (TPSA) is 29.1 Å². The molecular weight excluding hydrogens is 234 g/mol. The highest BCUT2D eigenvalue weighted by atomic mass is 16.1. The van der Waals surface area contributed by atoms with Gasteiger partial charge in [-0.2, -0.15) is 0 Å². The third-order valence-corrected chi connectivity index (χ3v) is 3.62. The van der Waals surface area contributed by atoms with Crippen LogP contribution in [0.5, 0.6) is 0 Å². The van der Waals surface area contributed by atoms with Gasteiger partial charge in [-0.25, -0.2) is 0 Å². The van der Waals surface area contributed by atoms with Gasteiger partial charge in [-0.15, -0.1) is 0 Å². The minimum atomic E-state index is 0.0562. The van der Waals surface area contributed by atoms with E-state index >= 15 is 0 Å². The van der Waals surface area contributed by atoms with Crippen molar-refractivity contribution in [1.82, 2.24) is 0 Å². The molecule has 0 saturated heterocycles. The molecule has 1 aliphatic rings. The zero-order valence-electron chi connectivity index (χ0n) is 12.6. The van der Waals surface area contributed by atoms with Crippen LogP contribution in [-0.2, 0) is 4.79 Å². The molecule has 19 heavy (non-hydrogen) atoms. The smallest absolute Gasteiger partial charge is 0.157 e. The van der Waals surface area contributed by atoms with Crippen LogP contribution >= 0.6 is 0 Å². The van der Waals surface area contributed by atoms with E-state index in [9.17, 15) is 4.79 Å². The number of hydrogen-bond donors (Lipinski definition) is 1. The summed E-state index contributed by atoms with van der Waals surface area (Å²) in [5, 5.41) is 3.47. The lowest BCUT2D eigenvalue weighted by Crippen LogP contribution is -2.24. The van der Waals surface area contributed by atoms with Gasteiger partial charge in [-0.05, 0) is 43.7 Å². The van der Waals surface area contributed by atoms with Crippen molar-refractivity contribution >= 4 is 11.5 Å². The summed E-state index contributed by atoms with van der Waals surface area (Å²) in [5.41, 5.74) is 5.97. The van der Waals surface area contributed by atoms with E-state index < -0.39 is 0 Å². The number of nitrogens with one attached hydrogen (secondary N) is 1. The van der Waals surface area contributed by atoms with Crippen molar-refractivity contribution in [3.8, 4) is 0 Å². The Morgan fingerprint density at radius 2 is 1.63 bits per heavy atom. The van der Waals surface area contributed by atoms with E-state index in [1.54, 1.807) is 6.08 Å². The highest BCUT2D eigenvalue weighted by Gasteiger charge is 2.27. The van der Waals surface area contributed by atoms with Crippen LogP contribution in [-0.4, -0.2) is 5.78 Å². The lowest BCUT2D eigenvalue weighted by atomic mass is 9.79. The van der Waals surface area contributed by atoms with Crippen LogP contribution < -0.4 is 5.32 Å². The molecule has 0 spiro atoms. The van der Waals surface area contributed by atoms with Crippen LogP contribution in [0.2, 0.25) is 0 Å². The molecule has 1 aromatic rings. The van der Waals surface area contributed by atoms with Gasteiger partial charge >= 0.3 is 0 Å². The number of rotatable bonds is 2. The first-order valence-corrected chi connectivity index (χ1v) is 6.85. The number of anilines is 1. The second-order valence-electron chi connectivity index (χ2n) is 6.55. The molecule has 0 saturated carbocycles. The van der Waals surface area contributed by atoms with Crippen LogP contribution in [0.4, 0.5) is 5.69 Å². The summed E-state index contributed by atoms with van der Waals surface area (Å²) in [6.45, 7) is 10.6. The summed E-state index contributed by atoms with van der Waals surface area (Å²) in [6.07, 6.45) is 3.33. The Morgan fingerprint density at radius 3 is 2.16 bits per heavy atom. The molecule has 0 fully saturated rings. The number of benzene rings is 1. The standard InChI is InChI=1S/C17H23NO/c1-11-6-12(2)16(13(3)7-11)18-14-8-15(19)10-17(4,5)9-14/h6-8,18H,9-10H2,1-5H3. The number of allylic oxidation sites excluding steroid dienone is 2. The Labute approximate surface area is 115 Å². The lowest BCUT2D eigenvalue weighted by molar-refractivity contribution is -0.117. The first kappa shape index (κ1) is 13.9. The van der Waals surface area contributed by atoms with Crippen molar-refractivity contribution in [2.45, 2.75) is 47.5 Å². The van der Waals surface area contributed by atoms with Crippen LogP contribution in [0.1, 0.15) is 43.4 Å². The second-order valence-corrected chi connectivity index (χ2v) is 6.55. The Kier molecular flexibility index (Phi) is 3.53. The highest BCUT2D eigenvalue weighted by Crippen LogP contribution is 2.35. The van der Waals surface area contributed by atoms with E-state index in [1.807, 2.05) is 0 Å². The van der Waals surface area contributed by atoms with E-state index in [4.69, 9.17) is 0 Å². The lowest BCUT2D eigenvalue weighted by Gasteiger charge is -2.30. The van der Waals surface area contributed by atoms with Crippen molar-refractivity contribution in [3.05, 3.63) is 40.6 Å². The monoisotopic (exact) mass is 257 g/mol. The van der Waals surface area contributed by atoms with Gasteiger partial charge in [-0.1, -0.05) is 31.5 Å². The Bertz CT molecular complexity index is 529. The summed E-state index contributed by atoms with van der Waals surface area (Å²) in [5.74, 6) is 0.223. The summed E-state index contributed by atoms with van der Waals surface area (Å²) in [4.78, 5) is 11.8. The molecule has 0 unspecified atom stereocenters. The molecule has 2 rings (SSSR count). The quantitative estimate of drug-likeness (QED) is 0.856. The normalized spacial score (nSPS) is 18.2. The molecule has 0 aromatic heterocycles.